The largest absolute Gasteiger partial charge is 0.314 e. The van der Waals surface area contributed by atoms with Gasteiger partial charge in [-0.15, -0.1) is 0 Å². The molecule has 1 unspecified atom stereocenters. The molecule has 5 heteroatoms. The van der Waals surface area contributed by atoms with Crippen molar-refractivity contribution >= 4 is 9.84 Å². The zero-order valence-corrected chi connectivity index (χ0v) is 12.2. The monoisotopic (exact) mass is 274 g/mol. The quantitative estimate of drug-likeness (QED) is 0.735. The molecule has 1 saturated carbocycles. The van der Waals surface area contributed by atoms with Crippen molar-refractivity contribution in [3.8, 4) is 0 Å². The first-order valence-corrected chi connectivity index (χ1v) is 9.07. The van der Waals surface area contributed by atoms with E-state index in [1.165, 1.54) is 25.7 Å². The molecule has 0 spiro atoms. The minimum atomic E-state index is -2.77. The summed E-state index contributed by atoms with van der Waals surface area (Å²) in [7, 11) is -2.77. The topological polar surface area (TPSA) is 49.4 Å². The van der Waals surface area contributed by atoms with Gasteiger partial charge in [-0.1, -0.05) is 0 Å². The summed E-state index contributed by atoms with van der Waals surface area (Å²) >= 11 is 0. The maximum atomic E-state index is 11.5. The fourth-order valence-electron chi connectivity index (χ4n) is 2.57. The molecular weight excluding hydrogens is 248 g/mol. The van der Waals surface area contributed by atoms with Gasteiger partial charge in [-0.05, 0) is 52.1 Å². The molecular formula is C13H26N2O2S. The Morgan fingerprint density at radius 1 is 1.28 bits per heavy atom. The van der Waals surface area contributed by atoms with Crippen molar-refractivity contribution < 1.29 is 8.42 Å². The van der Waals surface area contributed by atoms with Gasteiger partial charge < -0.3 is 5.32 Å². The van der Waals surface area contributed by atoms with E-state index in [-0.39, 0.29) is 0 Å². The second kappa shape index (κ2) is 6.35. The van der Waals surface area contributed by atoms with E-state index in [1.807, 2.05) is 0 Å². The van der Waals surface area contributed by atoms with Gasteiger partial charge in [-0.3, -0.25) is 4.90 Å². The van der Waals surface area contributed by atoms with Crippen molar-refractivity contribution in [3.05, 3.63) is 0 Å². The van der Waals surface area contributed by atoms with Crippen LogP contribution in [0, 0.1) is 0 Å². The maximum absolute atomic E-state index is 11.5. The number of rotatable bonds is 6. The Bertz CT molecular complexity index is 352. The van der Waals surface area contributed by atoms with Gasteiger partial charge in [0.25, 0.3) is 0 Å². The Morgan fingerprint density at radius 3 is 2.78 bits per heavy atom. The van der Waals surface area contributed by atoms with E-state index in [0.717, 1.165) is 32.1 Å². The van der Waals surface area contributed by atoms with E-state index in [2.05, 4.69) is 17.1 Å². The summed E-state index contributed by atoms with van der Waals surface area (Å²) in [6, 6.07) is 1.31. The Balaban J connectivity index is 1.65. The molecule has 4 nitrogen and oxygen atoms in total. The van der Waals surface area contributed by atoms with Crippen molar-refractivity contribution in [3.63, 3.8) is 0 Å². The highest BCUT2D eigenvalue weighted by atomic mass is 32.2. The van der Waals surface area contributed by atoms with Gasteiger partial charge in [0, 0.05) is 18.6 Å². The molecule has 18 heavy (non-hydrogen) atoms. The van der Waals surface area contributed by atoms with Gasteiger partial charge in [-0.2, -0.15) is 0 Å². The van der Waals surface area contributed by atoms with E-state index in [9.17, 15) is 8.42 Å². The molecule has 1 N–H and O–H groups in total. The normalized spacial score (nSPS) is 26.7. The van der Waals surface area contributed by atoms with Crippen LogP contribution in [0.25, 0.3) is 0 Å². The van der Waals surface area contributed by atoms with Crippen LogP contribution < -0.4 is 5.32 Å². The van der Waals surface area contributed by atoms with Crippen molar-refractivity contribution in [2.75, 3.05) is 31.1 Å². The summed E-state index contributed by atoms with van der Waals surface area (Å²) < 4.78 is 23.1. The smallest absolute Gasteiger partial charge is 0.151 e. The zero-order valence-electron chi connectivity index (χ0n) is 11.4. The fourth-order valence-corrected chi connectivity index (χ4v) is 3.86. The molecule has 2 rings (SSSR count). The predicted molar refractivity (Wildman–Crippen MR) is 74.6 cm³/mol. The molecule has 0 radical (unpaired) electrons. The molecule has 0 aromatic heterocycles. The predicted octanol–water partition coefficient (Wildman–Crippen LogP) is 1.03. The van der Waals surface area contributed by atoms with Crippen LogP contribution in [0.5, 0.6) is 0 Å². The van der Waals surface area contributed by atoms with Crippen LogP contribution in [0.4, 0.5) is 0 Å². The highest BCUT2D eigenvalue weighted by molar-refractivity contribution is 7.91. The summed E-state index contributed by atoms with van der Waals surface area (Å²) in [5.74, 6) is 0.719. The van der Waals surface area contributed by atoms with E-state index >= 15 is 0 Å². The molecule has 1 saturated heterocycles. The molecule has 2 fully saturated rings. The first-order chi connectivity index (χ1) is 8.57. The van der Waals surface area contributed by atoms with E-state index in [1.54, 1.807) is 0 Å². The van der Waals surface area contributed by atoms with Crippen LogP contribution >= 0.6 is 0 Å². The van der Waals surface area contributed by atoms with Crippen LogP contribution in [0.2, 0.25) is 0 Å². The van der Waals surface area contributed by atoms with E-state index in [4.69, 9.17) is 0 Å². The average Bonchev–Trinajstić information content (AvgIpc) is 3.12. The highest BCUT2D eigenvalue weighted by Gasteiger charge is 2.23. The van der Waals surface area contributed by atoms with Crippen molar-refractivity contribution in [1.29, 1.82) is 0 Å². The van der Waals surface area contributed by atoms with Gasteiger partial charge in [0.1, 0.15) is 0 Å². The third kappa shape index (κ3) is 4.86. The van der Waals surface area contributed by atoms with E-state index < -0.39 is 9.84 Å². The molecule has 0 aromatic carbocycles. The van der Waals surface area contributed by atoms with Gasteiger partial charge in [0.05, 0.1) is 11.5 Å². The third-order valence-electron chi connectivity index (χ3n) is 4.02. The SMILES string of the molecule is CC(CCCNC1CC1)N1CCCS(=O)(=O)CC1. The first-order valence-electron chi connectivity index (χ1n) is 7.25. The number of hydrogen-bond acceptors (Lipinski definition) is 4. The summed E-state index contributed by atoms with van der Waals surface area (Å²) in [6.45, 7) is 5.01. The minimum Gasteiger partial charge on any atom is -0.314 e. The summed E-state index contributed by atoms with van der Waals surface area (Å²) in [5, 5.41) is 3.53. The molecule has 0 aromatic rings. The summed E-state index contributed by atoms with van der Waals surface area (Å²) in [5.41, 5.74) is 0. The Kier molecular flexibility index (Phi) is 5.04. The molecule has 0 bridgehead atoms. The average molecular weight is 274 g/mol. The fraction of sp³-hybridized carbons (Fsp3) is 1.00. The van der Waals surface area contributed by atoms with Crippen LogP contribution in [0.15, 0.2) is 0 Å². The molecule has 1 heterocycles. The van der Waals surface area contributed by atoms with Crippen LogP contribution in [-0.2, 0) is 9.84 Å². The second-order valence-corrected chi connectivity index (χ2v) is 8.06. The lowest BCUT2D eigenvalue weighted by Crippen LogP contribution is -2.36. The molecule has 1 aliphatic carbocycles. The Morgan fingerprint density at radius 2 is 2.06 bits per heavy atom. The van der Waals surface area contributed by atoms with Crippen LogP contribution in [-0.4, -0.2) is 56.5 Å². The standard InChI is InChI=1S/C13H26N2O2S/c1-12(4-2-7-14-13-5-6-13)15-8-3-10-18(16,17)11-9-15/h12-14H,2-11H2,1H3. The molecule has 0 amide bonds. The first kappa shape index (κ1) is 14.3. The Labute approximate surface area is 111 Å². The molecule has 1 atom stereocenters. The number of nitrogens with zero attached hydrogens (tertiary/aromatic N) is 1. The summed E-state index contributed by atoms with van der Waals surface area (Å²) in [6.07, 6.45) is 5.85. The highest BCUT2D eigenvalue weighted by Crippen LogP contribution is 2.18. The van der Waals surface area contributed by atoms with Gasteiger partial charge in [0.15, 0.2) is 9.84 Å². The number of sulfone groups is 1. The second-order valence-electron chi connectivity index (χ2n) is 5.76. The zero-order chi connectivity index (χ0) is 13.0. The molecule has 1 aliphatic heterocycles. The van der Waals surface area contributed by atoms with Gasteiger partial charge in [0.2, 0.25) is 0 Å². The number of nitrogens with one attached hydrogen (secondary N) is 1. The Hall–Kier alpha value is -0.130. The van der Waals surface area contributed by atoms with Crippen LogP contribution in [0.3, 0.4) is 0 Å². The third-order valence-corrected chi connectivity index (χ3v) is 5.74. The van der Waals surface area contributed by atoms with Gasteiger partial charge in [-0.25, -0.2) is 8.42 Å². The van der Waals surface area contributed by atoms with Crippen molar-refractivity contribution in [2.45, 2.75) is 51.1 Å². The molecule has 106 valence electrons. The van der Waals surface area contributed by atoms with Crippen molar-refractivity contribution in [2.24, 2.45) is 0 Å². The maximum Gasteiger partial charge on any atom is 0.151 e. The lowest BCUT2D eigenvalue weighted by molar-refractivity contribution is 0.212. The molecule has 2 aliphatic rings. The van der Waals surface area contributed by atoms with Crippen LogP contribution in [0.1, 0.15) is 39.0 Å². The summed E-state index contributed by atoms with van der Waals surface area (Å²) in [4.78, 5) is 2.35. The van der Waals surface area contributed by atoms with Gasteiger partial charge >= 0.3 is 0 Å². The van der Waals surface area contributed by atoms with E-state index in [0.29, 0.717) is 17.5 Å². The lowest BCUT2D eigenvalue weighted by atomic mass is 10.1. The number of hydrogen-bond donors (Lipinski definition) is 1. The minimum absolute atomic E-state index is 0.345. The van der Waals surface area contributed by atoms with Crippen molar-refractivity contribution in [1.82, 2.24) is 10.2 Å². The lowest BCUT2D eigenvalue weighted by Gasteiger charge is -2.27.